The minimum Gasteiger partial charge on any atom is -0.381 e. The van der Waals surface area contributed by atoms with Gasteiger partial charge in [-0.25, -0.2) is 13.1 Å². The lowest BCUT2D eigenvalue weighted by Crippen LogP contribution is -2.38. The number of sulfonamides is 1. The molecular formula is C10H19N5O2S. The molecule has 1 unspecified atom stereocenters. The molecule has 0 saturated carbocycles. The molecule has 8 heteroatoms. The van der Waals surface area contributed by atoms with E-state index in [1.54, 1.807) is 7.05 Å². The van der Waals surface area contributed by atoms with Crippen LogP contribution in [0.3, 0.4) is 0 Å². The minimum atomic E-state index is -3.57. The molecule has 1 saturated heterocycles. The first-order valence-electron chi connectivity index (χ1n) is 5.89. The van der Waals surface area contributed by atoms with Crippen molar-refractivity contribution in [2.45, 2.75) is 23.8 Å². The molecular weight excluding hydrogens is 254 g/mol. The fourth-order valence-corrected chi connectivity index (χ4v) is 3.39. The van der Waals surface area contributed by atoms with Gasteiger partial charge in [-0.05, 0) is 26.4 Å². The number of hydrogen-bond acceptors (Lipinski definition) is 5. The predicted octanol–water partition coefficient (Wildman–Crippen LogP) is -0.625. The summed E-state index contributed by atoms with van der Waals surface area (Å²) in [6, 6.07) is 0.262. The van der Waals surface area contributed by atoms with Crippen molar-refractivity contribution in [3.63, 3.8) is 0 Å². The molecule has 1 fully saturated rings. The molecule has 1 atom stereocenters. The number of aryl methyl sites for hydroxylation is 1. The number of nitrogens with two attached hydrogens (primary N) is 1. The first-order valence-corrected chi connectivity index (χ1v) is 7.37. The van der Waals surface area contributed by atoms with Crippen LogP contribution in [0.1, 0.15) is 12.8 Å². The highest BCUT2D eigenvalue weighted by molar-refractivity contribution is 7.89. The van der Waals surface area contributed by atoms with E-state index < -0.39 is 10.0 Å². The highest BCUT2D eigenvalue weighted by Crippen LogP contribution is 2.17. The summed E-state index contributed by atoms with van der Waals surface area (Å²) in [5.74, 6) is 0.0322. The Bertz CT molecular complexity index is 524. The summed E-state index contributed by atoms with van der Waals surface area (Å²) in [7, 11) is 0.0774. The Kier molecular flexibility index (Phi) is 3.60. The molecule has 102 valence electrons. The summed E-state index contributed by atoms with van der Waals surface area (Å²) in [5, 5.41) is 3.84. The number of rotatable bonds is 4. The van der Waals surface area contributed by atoms with Crippen LogP contribution in [-0.2, 0) is 17.1 Å². The smallest absolute Gasteiger partial charge is 0.245 e. The second kappa shape index (κ2) is 4.87. The molecule has 1 aliphatic heterocycles. The van der Waals surface area contributed by atoms with Crippen molar-refractivity contribution in [3.05, 3.63) is 6.20 Å². The lowest BCUT2D eigenvalue weighted by atomic mass is 10.2. The Morgan fingerprint density at radius 3 is 2.78 bits per heavy atom. The second-order valence-corrected chi connectivity index (χ2v) is 6.42. The van der Waals surface area contributed by atoms with Crippen LogP contribution in [0.5, 0.6) is 0 Å². The highest BCUT2D eigenvalue weighted by atomic mass is 32.2. The molecule has 7 nitrogen and oxygen atoms in total. The standard InChI is InChI=1S/C10H19N5O2S/c1-14-5-3-4-8(14)6-12-18(16,17)9-7-15(2)13-10(9)11/h7-8,12H,3-6H2,1-2H3,(H2,11,13). The van der Waals surface area contributed by atoms with Gasteiger partial charge < -0.3 is 10.6 Å². The SMILES string of the molecule is CN1CCCC1CNS(=O)(=O)c1cn(C)nc1N. The van der Waals surface area contributed by atoms with E-state index in [-0.39, 0.29) is 16.8 Å². The maximum absolute atomic E-state index is 12.1. The lowest BCUT2D eigenvalue weighted by Gasteiger charge is -2.19. The van der Waals surface area contributed by atoms with Crippen molar-refractivity contribution in [3.8, 4) is 0 Å². The van der Waals surface area contributed by atoms with E-state index in [9.17, 15) is 8.42 Å². The quantitative estimate of drug-likeness (QED) is 0.762. The fraction of sp³-hybridized carbons (Fsp3) is 0.700. The molecule has 1 aliphatic rings. The number of anilines is 1. The van der Waals surface area contributed by atoms with Gasteiger partial charge in [0.2, 0.25) is 10.0 Å². The molecule has 3 N–H and O–H groups in total. The van der Waals surface area contributed by atoms with Crippen LogP contribution in [0.25, 0.3) is 0 Å². The summed E-state index contributed by atoms with van der Waals surface area (Å²) in [4.78, 5) is 2.21. The average molecular weight is 273 g/mol. The third-order valence-electron chi connectivity index (χ3n) is 3.29. The van der Waals surface area contributed by atoms with E-state index in [4.69, 9.17) is 5.73 Å². The van der Waals surface area contributed by atoms with Gasteiger partial charge in [0.1, 0.15) is 4.90 Å². The van der Waals surface area contributed by atoms with Crippen LogP contribution >= 0.6 is 0 Å². The number of likely N-dealkylation sites (N-methyl/N-ethyl adjacent to an activating group) is 1. The molecule has 0 amide bonds. The predicted molar refractivity (Wildman–Crippen MR) is 68.5 cm³/mol. The molecule has 1 aromatic heterocycles. The molecule has 2 rings (SSSR count). The zero-order valence-electron chi connectivity index (χ0n) is 10.6. The zero-order chi connectivity index (χ0) is 13.3. The van der Waals surface area contributed by atoms with Crippen LogP contribution < -0.4 is 10.5 Å². The molecule has 0 aliphatic carbocycles. The monoisotopic (exact) mass is 273 g/mol. The van der Waals surface area contributed by atoms with E-state index in [0.717, 1.165) is 19.4 Å². The largest absolute Gasteiger partial charge is 0.381 e. The van der Waals surface area contributed by atoms with E-state index >= 15 is 0 Å². The maximum Gasteiger partial charge on any atom is 0.245 e. The molecule has 0 bridgehead atoms. The van der Waals surface area contributed by atoms with Crippen LogP contribution in [-0.4, -0.2) is 49.3 Å². The normalized spacial score (nSPS) is 21.6. The van der Waals surface area contributed by atoms with Crippen molar-refractivity contribution < 1.29 is 8.42 Å². The van der Waals surface area contributed by atoms with Gasteiger partial charge in [0, 0.05) is 25.8 Å². The minimum absolute atomic E-state index is 0.0322. The Hall–Kier alpha value is -1.12. The summed E-state index contributed by atoms with van der Waals surface area (Å²) < 4.78 is 28.1. The number of nitrogens with one attached hydrogen (secondary N) is 1. The fourth-order valence-electron chi connectivity index (χ4n) is 2.21. The summed E-state index contributed by atoms with van der Waals surface area (Å²) >= 11 is 0. The Morgan fingerprint density at radius 1 is 1.56 bits per heavy atom. The summed E-state index contributed by atoms with van der Waals surface area (Å²) in [6.07, 6.45) is 3.54. The Labute approximate surface area is 107 Å². The van der Waals surface area contributed by atoms with Gasteiger partial charge in [0.15, 0.2) is 5.82 Å². The van der Waals surface area contributed by atoms with E-state index in [1.165, 1.54) is 10.9 Å². The maximum atomic E-state index is 12.1. The Balaban J connectivity index is 2.06. The third-order valence-corrected chi connectivity index (χ3v) is 4.73. The van der Waals surface area contributed by atoms with Gasteiger partial charge in [0.05, 0.1) is 0 Å². The Morgan fingerprint density at radius 2 is 2.28 bits per heavy atom. The van der Waals surface area contributed by atoms with Crippen molar-refractivity contribution in [2.75, 3.05) is 25.9 Å². The van der Waals surface area contributed by atoms with Crippen LogP contribution in [0.4, 0.5) is 5.82 Å². The number of nitrogens with zero attached hydrogens (tertiary/aromatic N) is 3. The van der Waals surface area contributed by atoms with Gasteiger partial charge in [-0.3, -0.25) is 4.68 Å². The first kappa shape index (κ1) is 13.3. The number of likely N-dealkylation sites (tertiary alicyclic amines) is 1. The first-order chi connectivity index (χ1) is 8.40. The van der Waals surface area contributed by atoms with Crippen molar-refractivity contribution in [1.82, 2.24) is 19.4 Å². The molecule has 18 heavy (non-hydrogen) atoms. The van der Waals surface area contributed by atoms with Gasteiger partial charge in [-0.2, -0.15) is 5.10 Å². The van der Waals surface area contributed by atoms with Gasteiger partial charge in [-0.15, -0.1) is 0 Å². The van der Waals surface area contributed by atoms with Crippen LogP contribution in [0, 0.1) is 0 Å². The number of nitrogen functional groups attached to an aromatic ring is 1. The van der Waals surface area contributed by atoms with Crippen molar-refractivity contribution in [1.29, 1.82) is 0 Å². The highest BCUT2D eigenvalue weighted by Gasteiger charge is 2.25. The summed E-state index contributed by atoms with van der Waals surface area (Å²) in [5.41, 5.74) is 5.58. The lowest BCUT2D eigenvalue weighted by molar-refractivity contribution is 0.311. The number of aromatic nitrogens is 2. The topological polar surface area (TPSA) is 93.2 Å². The second-order valence-electron chi connectivity index (χ2n) is 4.68. The van der Waals surface area contributed by atoms with E-state index in [0.29, 0.717) is 6.54 Å². The van der Waals surface area contributed by atoms with E-state index in [2.05, 4.69) is 14.7 Å². The molecule has 2 heterocycles. The van der Waals surface area contributed by atoms with Crippen molar-refractivity contribution in [2.24, 2.45) is 7.05 Å². The van der Waals surface area contributed by atoms with Crippen molar-refractivity contribution >= 4 is 15.8 Å². The molecule has 0 spiro atoms. The zero-order valence-corrected chi connectivity index (χ0v) is 11.4. The van der Waals surface area contributed by atoms with Gasteiger partial charge >= 0.3 is 0 Å². The average Bonchev–Trinajstić information content (AvgIpc) is 2.82. The molecule has 1 aromatic rings. The molecule has 0 radical (unpaired) electrons. The van der Waals surface area contributed by atoms with Gasteiger partial charge in [0.25, 0.3) is 0 Å². The third kappa shape index (κ3) is 2.65. The van der Waals surface area contributed by atoms with Crippen LogP contribution in [0.2, 0.25) is 0 Å². The molecule has 0 aromatic carbocycles. The summed E-state index contributed by atoms with van der Waals surface area (Å²) in [6.45, 7) is 1.43. The van der Waals surface area contributed by atoms with Gasteiger partial charge in [-0.1, -0.05) is 0 Å². The van der Waals surface area contributed by atoms with E-state index in [1.807, 2.05) is 7.05 Å². The number of hydrogen-bond donors (Lipinski definition) is 2. The van der Waals surface area contributed by atoms with Crippen LogP contribution in [0.15, 0.2) is 11.1 Å².